The monoisotopic (exact) mass is 477 g/mol. The van der Waals surface area contributed by atoms with E-state index >= 15 is 0 Å². The minimum Gasteiger partial charge on any atom is -0.495 e. The Kier molecular flexibility index (Phi) is 7.03. The van der Waals surface area contributed by atoms with Gasteiger partial charge in [0.05, 0.1) is 26.9 Å². The van der Waals surface area contributed by atoms with Crippen molar-refractivity contribution in [2.45, 2.75) is 11.4 Å². The summed E-state index contributed by atoms with van der Waals surface area (Å²) in [5, 5.41) is 2.78. The molecule has 2 heterocycles. The number of nitrogens with zero attached hydrogens (tertiary/aromatic N) is 2. The predicted octanol–water partition coefficient (Wildman–Crippen LogP) is 1.52. The highest BCUT2D eigenvalue weighted by atomic mass is 32.2. The van der Waals surface area contributed by atoms with E-state index in [4.69, 9.17) is 18.9 Å². The van der Waals surface area contributed by atoms with E-state index in [0.29, 0.717) is 36.9 Å². The number of amides is 1. The van der Waals surface area contributed by atoms with Crippen LogP contribution in [0, 0.1) is 0 Å². The number of methoxy groups -OCH3 is 1. The second kappa shape index (κ2) is 9.96. The van der Waals surface area contributed by atoms with Gasteiger partial charge in [-0.05, 0) is 42.9 Å². The molecule has 10 nitrogen and oxygen atoms in total. The van der Waals surface area contributed by atoms with Gasteiger partial charge in [0, 0.05) is 25.3 Å². The molecular formula is C22H27N3O7S. The lowest BCUT2D eigenvalue weighted by molar-refractivity contribution is -0.117. The lowest BCUT2D eigenvalue weighted by atomic mass is 10.2. The molecule has 2 aliphatic heterocycles. The lowest BCUT2D eigenvalue weighted by Crippen LogP contribution is -2.40. The number of likely N-dealkylation sites (N-methyl/N-ethyl adjacent to an activating group) is 1. The molecule has 0 atom stereocenters. The quantitative estimate of drug-likeness (QED) is 0.610. The van der Waals surface area contributed by atoms with Gasteiger partial charge in [0.25, 0.3) is 0 Å². The fourth-order valence-electron chi connectivity index (χ4n) is 3.73. The first-order valence-corrected chi connectivity index (χ1v) is 11.9. The van der Waals surface area contributed by atoms with Gasteiger partial charge in [-0.25, -0.2) is 8.42 Å². The number of hydrogen-bond donors (Lipinski definition) is 1. The van der Waals surface area contributed by atoms with Crippen molar-refractivity contribution in [2.75, 3.05) is 59.1 Å². The molecular weight excluding hydrogens is 450 g/mol. The smallest absolute Gasteiger partial charge is 0.246 e. The van der Waals surface area contributed by atoms with Gasteiger partial charge >= 0.3 is 0 Å². The molecule has 2 aliphatic rings. The van der Waals surface area contributed by atoms with Crippen LogP contribution in [-0.2, 0) is 26.1 Å². The third kappa shape index (κ3) is 5.38. The summed E-state index contributed by atoms with van der Waals surface area (Å²) in [7, 11) is -0.548. The van der Waals surface area contributed by atoms with Gasteiger partial charge in [-0.3, -0.25) is 9.69 Å². The van der Waals surface area contributed by atoms with Crippen molar-refractivity contribution >= 4 is 21.6 Å². The Bertz CT molecular complexity index is 1120. The molecule has 4 rings (SSSR count). The summed E-state index contributed by atoms with van der Waals surface area (Å²) in [5.74, 6) is 1.36. The number of nitrogens with one attached hydrogen (secondary N) is 1. The number of anilines is 1. The fourth-order valence-corrected chi connectivity index (χ4v) is 5.32. The van der Waals surface area contributed by atoms with E-state index in [2.05, 4.69) is 5.32 Å². The van der Waals surface area contributed by atoms with Crippen LogP contribution in [0.5, 0.6) is 17.2 Å². The lowest BCUT2D eigenvalue weighted by Gasteiger charge is -2.27. The summed E-state index contributed by atoms with van der Waals surface area (Å²) in [6, 6.07) is 10.3. The first-order chi connectivity index (χ1) is 15.9. The predicted molar refractivity (Wildman–Crippen MR) is 120 cm³/mol. The number of morpholine rings is 1. The molecule has 0 spiro atoms. The topological polar surface area (TPSA) is 107 Å². The van der Waals surface area contributed by atoms with E-state index in [1.165, 1.54) is 17.5 Å². The third-order valence-corrected chi connectivity index (χ3v) is 7.26. The van der Waals surface area contributed by atoms with Crippen LogP contribution >= 0.6 is 0 Å². The molecule has 2 aromatic carbocycles. The van der Waals surface area contributed by atoms with Crippen LogP contribution in [0.4, 0.5) is 5.69 Å². The van der Waals surface area contributed by atoms with Gasteiger partial charge < -0.3 is 24.3 Å². The molecule has 0 aromatic heterocycles. The van der Waals surface area contributed by atoms with Crippen molar-refractivity contribution in [1.29, 1.82) is 0 Å². The largest absolute Gasteiger partial charge is 0.495 e. The molecule has 1 saturated heterocycles. The Morgan fingerprint density at radius 1 is 1.12 bits per heavy atom. The first-order valence-electron chi connectivity index (χ1n) is 10.5. The molecule has 178 valence electrons. The number of fused-ring (bicyclic) bond motifs is 1. The maximum atomic E-state index is 13.1. The normalized spacial score (nSPS) is 16.1. The SMILES string of the molecule is COc1ccc(NC(=O)CN(C)Cc2ccc3c(c2)OCO3)cc1S(=O)(=O)N1CCOCC1. The maximum absolute atomic E-state index is 13.1. The van der Waals surface area contributed by atoms with Crippen molar-refractivity contribution in [3.8, 4) is 17.2 Å². The number of carbonyl (C=O) groups is 1. The molecule has 33 heavy (non-hydrogen) atoms. The molecule has 1 fully saturated rings. The van der Waals surface area contributed by atoms with Gasteiger partial charge in [-0.15, -0.1) is 0 Å². The highest BCUT2D eigenvalue weighted by molar-refractivity contribution is 7.89. The molecule has 0 aliphatic carbocycles. The van der Waals surface area contributed by atoms with Crippen molar-refractivity contribution in [2.24, 2.45) is 0 Å². The summed E-state index contributed by atoms with van der Waals surface area (Å²) >= 11 is 0. The molecule has 2 aromatic rings. The minimum absolute atomic E-state index is 0.0124. The molecule has 1 N–H and O–H groups in total. The maximum Gasteiger partial charge on any atom is 0.246 e. The Hall–Kier alpha value is -2.86. The fraction of sp³-hybridized carbons (Fsp3) is 0.409. The first kappa shape index (κ1) is 23.3. The second-order valence-corrected chi connectivity index (χ2v) is 9.70. The number of hydrogen-bond acceptors (Lipinski definition) is 8. The number of carbonyl (C=O) groups excluding carboxylic acids is 1. The number of rotatable bonds is 8. The summed E-state index contributed by atoms with van der Waals surface area (Å²) in [4.78, 5) is 14.5. The Morgan fingerprint density at radius 2 is 1.88 bits per heavy atom. The molecule has 1 amide bonds. The van der Waals surface area contributed by atoms with E-state index in [0.717, 1.165) is 5.56 Å². The molecule has 0 bridgehead atoms. The van der Waals surface area contributed by atoms with Crippen LogP contribution in [-0.4, -0.2) is 77.3 Å². The van der Waals surface area contributed by atoms with Crippen LogP contribution in [0.15, 0.2) is 41.3 Å². The van der Waals surface area contributed by atoms with Gasteiger partial charge in [-0.1, -0.05) is 6.07 Å². The van der Waals surface area contributed by atoms with E-state index in [-0.39, 0.29) is 43.0 Å². The minimum atomic E-state index is -3.79. The van der Waals surface area contributed by atoms with Crippen molar-refractivity contribution in [1.82, 2.24) is 9.21 Å². The van der Waals surface area contributed by atoms with E-state index in [1.807, 2.05) is 30.1 Å². The zero-order chi connectivity index (χ0) is 23.4. The average Bonchev–Trinajstić information content (AvgIpc) is 3.27. The van der Waals surface area contributed by atoms with Gasteiger partial charge in [0.1, 0.15) is 10.6 Å². The Labute approximate surface area is 193 Å². The number of benzene rings is 2. The van der Waals surface area contributed by atoms with Gasteiger partial charge in [0.15, 0.2) is 11.5 Å². The second-order valence-electron chi connectivity index (χ2n) is 7.79. The number of sulfonamides is 1. The van der Waals surface area contributed by atoms with Gasteiger partial charge in [0.2, 0.25) is 22.7 Å². The average molecular weight is 478 g/mol. The zero-order valence-electron chi connectivity index (χ0n) is 18.6. The van der Waals surface area contributed by atoms with Gasteiger partial charge in [-0.2, -0.15) is 4.31 Å². The zero-order valence-corrected chi connectivity index (χ0v) is 19.4. The number of ether oxygens (including phenoxy) is 4. The molecule has 0 radical (unpaired) electrons. The van der Waals surface area contributed by atoms with Crippen molar-refractivity contribution < 1.29 is 32.2 Å². The van der Waals surface area contributed by atoms with Crippen LogP contribution in [0.3, 0.4) is 0 Å². The van der Waals surface area contributed by atoms with E-state index in [1.54, 1.807) is 12.1 Å². The summed E-state index contributed by atoms with van der Waals surface area (Å²) in [6.45, 7) is 2.08. The summed E-state index contributed by atoms with van der Waals surface area (Å²) in [6.07, 6.45) is 0. The van der Waals surface area contributed by atoms with E-state index < -0.39 is 10.0 Å². The Morgan fingerprint density at radius 3 is 2.64 bits per heavy atom. The Balaban J connectivity index is 1.41. The highest BCUT2D eigenvalue weighted by Crippen LogP contribution is 2.33. The van der Waals surface area contributed by atoms with Crippen LogP contribution in [0.1, 0.15) is 5.56 Å². The highest BCUT2D eigenvalue weighted by Gasteiger charge is 2.29. The van der Waals surface area contributed by atoms with Crippen molar-refractivity contribution in [3.05, 3.63) is 42.0 Å². The standard InChI is InChI=1S/C22H27N3O7S/c1-24(13-16-3-5-18-20(11-16)32-15-31-18)14-22(26)23-17-4-6-19(29-2)21(12-17)33(27,28)25-7-9-30-10-8-25/h3-6,11-12H,7-10,13-15H2,1-2H3,(H,23,26). The summed E-state index contributed by atoms with van der Waals surface area (Å²) in [5.41, 5.74) is 1.36. The molecule has 11 heteroatoms. The third-order valence-electron chi connectivity index (χ3n) is 5.34. The molecule has 0 unspecified atom stereocenters. The van der Waals surface area contributed by atoms with Crippen molar-refractivity contribution in [3.63, 3.8) is 0 Å². The van der Waals surface area contributed by atoms with E-state index in [9.17, 15) is 13.2 Å². The van der Waals surface area contributed by atoms with Crippen LogP contribution in [0.2, 0.25) is 0 Å². The summed E-state index contributed by atoms with van der Waals surface area (Å²) < 4.78 is 48.8. The van der Waals surface area contributed by atoms with Crippen LogP contribution < -0.4 is 19.5 Å². The molecule has 0 saturated carbocycles. The van der Waals surface area contributed by atoms with Crippen LogP contribution in [0.25, 0.3) is 0 Å².